The molecule has 0 radical (unpaired) electrons. The van der Waals surface area contributed by atoms with E-state index in [4.69, 9.17) is 11.6 Å². The number of aliphatic hydroxyl groups is 1. The van der Waals surface area contributed by atoms with Crippen molar-refractivity contribution in [3.05, 3.63) is 28.8 Å². The predicted octanol–water partition coefficient (Wildman–Crippen LogP) is 2.68. The summed E-state index contributed by atoms with van der Waals surface area (Å²) >= 11 is 5.95. The highest BCUT2D eigenvalue weighted by Gasteiger charge is 2.26. The van der Waals surface area contributed by atoms with Crippen LogP contribution in [0.2, 0.25) is 5.02 Å². The summed E-state index contributed by atoms with van der Waals surface area (Å²) < 4.78 is 0. The molecule has 1 fully saturated rings. The molecular weight excluding hydrogens is 288 g/mol. The van der Waals surface area contributed by atoms with E-state index < -0.39 is 0 Å². The van der Waals surface area contributed by atoms with E-state index in [1.165, 1.54) is 0 Å². The highest BCUT2D eigenvalue weighted by atomic mass is 35.5. The molecule has 2 rings (SSSR count). The van der Waals surface area contributed by atoms with Crippen LogP contribution < -0.4 is 5.32 Å². The summed E-state index contributed by atoms with van der Waals surface area (Å²) in [4.78, 5) is 14.1. The summed E-state index contributed by atoms with van der Waals surface area (Å²) in [7, 11) is 1.91. The van der Waals surface area contributed by atoms with E-state index in [0.717, 1.165) is 37.1 Å². The van der Waals surface area contributed by atoms with Crippen LogP contribution in [-0.2, 0) is 4.79 Å². The van der Waals surface area contributed by atoms with Gasteiger partial charge in [0.1, 0.15) is 0 Å². The van der Waals surface area contributed by atoms with Gasteiger partial charge < -0.3 is 10.4 Å². The minimum atomic E-state index is -0.217. The van der Waals surface area contributed by atoms with E-state index in [9.17, 15) is 9.90 Å². The van der Waals surface area contributed by atoms with Crippen LogP contribution in [0, 0.1) is 12.8 Å². The first kappa shape index (κ1) is 16.3. The standard InChI is InChI=1S/C16H23ClN2O2/c1-11-6-7-13(17)8-14(11)18-16(21)10-19(2)9-12-4-3-5-15(12)20/h6-8,12,15,20H,3-5,9-10H2,1-2H3,(H,18,21). The Labute approximate surface area is 131 Å². The highest BCUT2D eigenvalue weighted by Crippen LogP contribution is 2.26. The number of aliphatic hydroxyl groups excluding tert-OH is 1. The van der Waals surface area contributed by atoms with Crippen molar-refractivity contribution in [2.45, 2.75) is 32.3 Å². The van der Waals surface area contributed by atoms with Gasteiger partial charge in [-0.3, -0.25) is 9.69 Å². The number of rotatable bonds is 5. The third-order valence-corrected chi connectivity index (χ3v) is 4.29. The molecule has 0 heterocycles. The molecule has 2 N–H and O–H groups in total. The minimum absolute atomic E-state index is 0.0599. The first-order valence-electron chi connectivity index (χ1n) is 7.38. The largest absolute Gasteiger partial charge is 0.393 e. The van der Waals surface area contributed by atoms with Gasteiger partial charge in [0, 0.05) is 17.3 Å². The van der Waals surface area contributed by atoms with Crippen LogP contribution in [0.25, 0.3) is 0 Å². The summed E-state index contributed by atoms with van der Waals surface area (Å²) in [6.45, 7) is 3.00. The Bertz CT molecular complexity index is 507. The van der Waals surface area contributed by atoms with Gasteiger partial charge in [0.15, 0.2) is 0 Å². The fourth-order valence-electron chi connectivity index (χ4n) is 2.86. The number of amides is 1. The number of anilines is 1. The van der Waals surface area contributed by atoms with Crippen LogP contribution in [0.3, 0.4) is 0 Å². The maximum Gasteiger partial charge on any atom is 0.238 e. The molecule has 1 amide bonds. The van der Waals surface area contributed by atoms with E-state index in [1.54, 1.807) is 12.1 Å². The monoisotopic (exact) mass is 310 g/mol. The van der Waals surface area contributed by atoms with E-state index in [2.05, 4.69) is 5.32 Å². The topological polar surface area (TPSA) is 52.6 Å². The van der Waals surface area contributed by atoms with Gasteiger partial charge in [-0.15, -0.1) is 0 Å². The van der Waals surface area contributed by atoms with Crippen molar-refractivity contribution in [3.8, 4) is 0 Å². The molecule has 2 unspecified atom stereocenters. The molecule has 1 aromatic carbocycles. The lowest BCUT2D eigenvalue weighted by molar-refractivity contribution is -0.117. The van der Waals surface area contributed by atoms with Crippen LogP contribution in [0.15, 0.2) is 18.2 Å². The fraction of sp³-hybridized carbons (Fsp3) is 0.562. The molecule has 116 valence electrons. The summed E-state index contributed by atoms with van der Waals surface area (Å²) in [5.41, 5.74) is 1.74. The number of hydrogen-bond donors (Lipinski definition) is 2. The zero-order valence-electron chi connectivity index (χ0n) is 12.6. The van der Waals surface area contributed by atoms with Gasteiger partial charge in [-0.1, -0.05) is 24.1 Å². The molecule has 0 aromatic heterocycles. The first-order chi connectivity index (χ1) is 9.95. The molecule has 1 aromatic rings. The average molecular weight is 311 g/mol. The molecule has 0 spiro atoms. The number of hydrogen-bond acceptors (Lipinski definition) is 3. The Hall–Kier alpha value is -1.10. The van der Waals surface area contributed by atoms with Gasteiger partial charge in [0.05, 0.1) is 12.6 Å². The van der Waals surface area contributed by atoms with Crippen LogP contribution in [0.4, 0.5) is 5.69 Å². The quantitative estimate of drug-likeness (QED) is 0.879. The first-order valence-corrected chi connectivity index (χ1v) is 7.76. The third kappa shape index (κ3) is 4.70. The van der Waals surface area contributed by atoms with Gasteiger partial charge in [-0.2, -0.15) is 0 Å². The van der Waals surface area contributed by atoms with Crippen LogP contribution in [0.1, 0.15) is 24.8 Å². The maximum absolute atomic E-state index is 12.1. The summed E-state index contributed by atoms with van der Waals surface area (Å²) in [6, 6.07) is 5.45. The van der Waals surface area contributed by atoms with Gasteiger partial charge in [0.25, 0.3) is 0 Å². The van der Waals surface area contributed by atoms with Crippen molar-refractivity contribution in [2.75, 3.05) is 25.5 Å². The molecule has 0 aliphatic heterocycles. The highest BCUT2D eigenvalue weighted by molar-refractivity contribution is 6.31. The molecule has 5 heteroatoms. The lowest BCUT2D eigenvalue weighted by Crippen LogP contribution is -2.35. The second-order valence-corrected chi connectivity index (χ2v) is 6.40. The SMILES string of the molecule is Cc1ccc(Cl)cc1NC(=O)CN(C)CC1CCCC1O. The number of nitrogens with one attached hydrogen (secondary N) is 1. The normalized spacial score (nSPS) is 21.8. The van der Waals surface area contributed by atoms with Crippen molar-refractivity contribution in [1.82, 2.24) is 4.90 Å². The smallest absolute Gasteiger partial charge is 0.238 e. The lowest BCUT2D eigenvalue weighted by atomic mass is 10.1. The Kier molecular flexibility index (Phi) is 5.62. The van der Waals surface area contributed by atoms with Crippen molar-refractivity contribution in [3.63, 3.8) is 0 Å². The van der Waals surface area contributed by atoms with Gasteiger partial charge in [-0.05, 0) is 50.4 Å². The Morgan fingerprint density at radius 1 is 1.48 bits per heavy atom. The summed E-state index contributed by atoms with van der Waals surface area (Å²) in [5.74, 6) is 0.228. The van der Waals surface area contributed by atoms with E-state index in [-0.39, 0.29) is 17.9 Å². The van der Waals surface area contributed by atoms with Crippen molar-refractivity contribution < 1.29 is 9.90 Å². The lowest BCUT2D eigenvalue weighted by Gasteiger charge is -2.22. The number of carbonyl (C=O) groups is 1. The summed E-state index contributed by atoms with van der Waals surface area (Å²) in [5, 5.41) is 13.3. The number of likely N-dealkylation sites (N-methyl/N-ethyl adjacent to an activating group) is 1. The summed E-state index contributed by atoms with van der Waals surface area (Å²) in [6.07, 6.45) is 2.78. The Morgan fingerprint density at radius 2 is 2.24 bits per heavy atom. The number of nitrogens with zero attached hydrogens (tertiary/aromatic N) is 1. The second kappa shape index (κ2) is 7.25. The fourth-order valence-corrected chi connectivity index (χ4v) is 3.03. The molecule has 4 nitrogen and oxygen atoms in total. The molecule has 1 aliphatic carbocycles. The molecule has 1 aliphatic rings. The van der Waals surface area contributed by atoms with E-state index >= 15 is 0 Å². The molecular formula is C16H23ClN2O2. The number of benzene rings is 1. The van der Waals surface area contributed by atoms with Crippen LogP contribution in [0.5, 0.6) is 0 Å². The number of carbonyl (C=O) groups excluding carboxylic acids is 1. The minimum Gasteiger partial charge on any atom is -0.393 e. The molecule has 2 atom stereocenters. The zero-order chi connectivity index (χ0) is 15.4. The van der Waals surface area contributed by atoms with Gasteiger partial charge >= 0.3 is 0 Å². The van der Waals surface area contributed by atoms with E-state index in [1.807, 2.05) is 24.9 Å². The number of halogens is 1. The van der Waals surface area contributed by atoms with Gasteiger partial charge in [0.2, 0.25) is 5.91 Å². The molecule has 1 saturated carbocycles. The third-order valence-electron chi connectivity index (χ3n) is 4.05. The number of aryl methyl sites for hydroxylation is 1. The maximum atomic E-state index is 12.1. The van der Waals surface area contributed by atoms with Crippen molar-refractivity contribution >= 4 is 23.2 Å². The Morgan fingerprint density at radius 3 is 2.90 bits per heavy atom. The van der Waals surface area contributed by atoms with Gasteiger partial charge in [-0.25, -0.2) is 0 Å². The van der Waals surface area contributed by atoms with Crippen LogP contribution in [-0.4, -0.2) is 42.2 Å². The zero-order valence-corrected chi connectivity index (χ0v) is 13.4. The molecule has 0 saturated heterocycles. The molecule has 0 bridgehead atoms. The second-order valence-electron chi connectivity index (χ2n) is 5.96. The average Bonchev–Trinajstić information content (AvgIpc) is 2.79. The van der Waals surface area contributed by atoms with E-state index in [0.29, 0.717) is 11.6 Å². The predicted molar refractivity (Wildman–Crippen MR) is 85.7 cm³/mol. The van der Waals surface area contributed by atoms with Crippen molar-refractivity contribution in [1.29, 1.82) is 0 Å². The molecule has 21 heavy (non-hydrogen) atoms. The van der Waals surface area contributed by atoms with Crippen LogP contribution >= 0.6 is 11.6 Å². The van der Waals surface area contributed by atoms with Crippen molar-refractivity contribution in [2.24, 2.45) is 5.92 Å². The Balaban J connectivity index is 1.85.